The van der Waals surface area contributed by atoms with Crippen molar-refractivity contribution in [3.05, 3.63) is 101 Å². The summed E-state index contributed by atoms with van der Waals surface area (Å²) < 4.78 is 21.1. The molecule has 6 rings (SSSR count). The van der Waals surface area contributed by atoms with Gasteiger partial charge in [-0.25, -0.2) is 9.37 Å². The predicted molar refractivity (Wildman–Crippen MR) is 141 cm³/mol. The van der Waals surface area contributed by atoms with E-state index in [-0.39, 0.29) is 22.8 Å². The number of para-hydroxylation sites is 1. The number of hydrogen-bond acceptors (Lipinski definition) is 4. The number of hydrogen-bond donors (Lipinski definition) is 0. The summed E-state index contributed by atoms with van der Waals surface area (Å²) in [5.74, 6) is 0.559. The minimum absolute atomic E-state index is 0.0776. The number of fused-ring (bicyclic) bond motifs is 4. The summed E-state index contributed by atoms with van der Waals surface area (Å²) in [6.45, 7) is 4.10. The van der Waals surface area contributed by atoms with Crippen molar-refractivity contribution in [2.24, 2.45) is 5.41 Å². The molecule has 2 aliphatic heterocycles. The topological polar surface area (TPSA) is 61.2 Å². The van der Waals surface area contributed by atoms with Crippen LogP contribution in [0.1, 0.15) is 52.2 Å². The zero-order valence-corrected chi connectivity index (χ0v) is 20.8. The van der Waals surface area contributed by atoms with E-state index in [0.29, 0.717) is 52.4 Å². The first-order valence-corrected chi connectivity index (χ1v) is 12.2. The van der Waals surface area contributed by atoms with Crippen LogP contribution in [0.15, 0.2) is 72.8 Å². The summed E-state index contributed by atoms with van der Waals surface area (Å²) in [7, 11) is 1.57. The molecule has 0 N–H and O–H groups in total. The second kappa shape index (κ2) is 8.37. The minimum Gasteiger partial charge on any atom is -0.497 e. The highest BCUT2D eigenvalue weighted by atomic mass is 19.1. The molecule has 3 aromatic rings. The van der Waals surface area contributed by atoms with Crippen LogP contribution in [0.2, 0.25) is 0 Å². The fourth-order valence-electron chi connectivity index (χ4n) is 5.48. The lowest BCUT2D eigenvalue weighted by atomic mass is 9.72. The van der Waals surface area contributed by atoms with E-state index in [1.54, 1.807) is 43.5 Å². The third-order valence-electron chi connectivity index (χ3n) is 7.12. The van der Waals surface area contributed by atoms with Crippen molar-refractivity contribution in [2.45, 2.75) is 26.7 Å². The number of methoxy groups -OCH3 is 1. The first-order chi connectivity index (χ1) is 17.8. The standard InChI is InChI=1S/C31H25FN2O3/c1-31(2)16-24-27(25(35)17-31)28(29(36)18-8-14-21(37-3)15-9-18)26-22-6-4-5-7-23(22)33-30(26)34(24)20-12-10-19(32)11-13-20/h4-15H,16-17H2,1-3H3. The van der Waals surface area contributed by atoms with Gasteiger partial charge in [0, 0.05) is 45.4 Å². The number of benzene rings is 3. The summed E-state index contributed by atoms with van der Waals surface area (Å²) in [6.07, 6.45) is 0.886. The number of carbonyl (C=O) groups excluding carboxylic acids is 2. The second-order valence-electron chi connectivity index (χ2n) is 10.3. The second-order valence-corrected chi connectivity index (χ2v) is 10.3. The maximum absolute atomic E-state index is 14.2. The van der Waals surface area contributed by atoms with Crippen molar-refractivity contribution >= 4 is 22.5 Å². The highest BCUT2D eigenvalue weighted by Crippen LogP contribution is 2.45. The Kier molecular flexibility index (Phi) is 5.23. The van der Waals surface area contributed by atoms with Crippen molar-refractivity contribution in [3.8, 4) is 22.8 Å². The van der Waals surface area contributed by atoms with E-state index in [1.165, 1.54) is 12.1 Å². The van der Waals surface area contributed by atoms with Gasteiger partial charge in [0.05, 0.1) is 12.6 Å². The normalized spacial score (nSPS) is 14.6. The van der Waals surface area contributed by atoms with Gasteiger partial charge in [0.2, 0.25) is 0 Å². The van der Waals surface area contributed by atoms with Gasteiger partial charge >= 0.3 is 0 Å². The first-order valence-electron chi connectivity index (χ1n) is 12.2. The summed E-state index contributed by atoms with van der Waals surface area (Å²) in [5.41, 5.74) is 3.73. The molecular formula is C31H25FN2O3. The van der Waals surface area contributed by atoms with Gasteiger partial charge in [-0.05, 0) is 66.4 Å². The average Bonchev–Trinajstić information content (AvgIpc) is 3.26. The molecule has 0 radical (unpaired) electrons. The molecule has 3 aliphatic rings. The van der Waals surface area contributed by atoms with Gasteiger partial charge in [-0.3, -0.25) is 14.2 Å². The van der Waals surface area contributed by atoms with E-state index in [1.807, 2.05) is 42.7 Å². The fraction of sp³-hybridized carbons (Fsp3) is 0.194. The van der Waals surface area contributed by atoms with Crippen molar-refractivity contribution in [1.29, 1.82) is 0 Å². The highest BCUT2D eigenvalue weighted by molar-refractivity contribution is 6.23. The molecule has 0 amide bonds. The molecule has 0 saturated carbocycles. The molecule has 37 heavy (non-hydrogen) atoms. The van der Waals surface area contributed by atoms with Crippen LogP contribution in [0.5, 0.6) is 5.75 Å². The van der Waals surface area contributed by atoms with Gasteiger partial charge in [-0.2, -0.15) is 0 Å². The Morgan fingerprint density at radius 3 is 2.35 bits per heavy atom. The Morgan fingerprint density at radius 2 is 1.65 bits per heavy atom. The quantitative estimate of drug-likeness (QED) is 0.263. The van der Waals surface area contributed by atoms with Gasteiger partial charge in [0.1, 0.15) is 17.4 Å². The molecule has 6 heteroatoms. The van der Waals surface area contributed by atoms with Gasteiger partial charge in [0.25, 0.3) is 0 Å². The zero-order valence-electron chi connectivity index (χ0n) is 20.8. The van der Waals surface area contributed by atoms with Crippen LogP contribution in [0.25, 0.3) is 28.0 Å². The number of ether oxygens (including phenoxy) is 1. The van der Waals surface area contributed by atoms with Gasteiger partial charge in [-0.15, -0.1) is 0 Å². The van der Waals surface area contributed by atoms with Crippen molar-refractivity contribution in [1.82, 2.24) is 9.55 Å². The predicted octanol–water partition coefficient (Wildman–Crippen LogP) is 6.66. The van der Waals surface area contributed by atoms with E-state index in [9.17, 15) is 14.0 Å². The molecular weight excluding hydrogens is 467 g/mol. The molecule has 0 saturated heterocycles. The maximum Gasteiger partial charge on any atom is 0.194 e. The summed E-state index contributed by atoms with van der Waals surface area (Å²) in [4.78, 5) is 33.0. The Labute approximate surface area is 213 Å². The summed E-state index contributed by atoms with van der Waals surface area (Å²) >= 11 is 0. The highest BCUT2D eigenvalue weighted by Gasteiger charge is 2.40. The summed E-state index contributed by atoms with van der Waals surface area (Å²) in [6, 6.07) is 20.7. The third kappa shape index (κ3) is 3.71. The number of Topliss-reactive ketones (excluding diaryl/α,β-unsaturated/α-hetero) is 1. The molecule has 0 spiro atoms. The number of nitrogens with zero attached hydrogens (tertiary/aromatic N) is 2. The maximum atomic E-state index is 14.2. The minimum atomic E-state index is -0.349. The number of halogens is 1. The van der Waals surface area contributed by atoms with E-state index in [4.69, 9.17) is 9.72 Å². The van der Waals surface area contributed by atoms with Crippen LogP contribution in [0.4, 0.5) is 4.39 Å². The van der Waals surface area contributed by atoms with Crippen molar-refractivity contribution in [2.75, 3.05) is 7.11 Å². The van der Waals surface area contributed by atoms with Gasteiger partial charge in [-0.1, -0.05) is 32.0 Å². The van der Waals surface area contributed by atoms with Crippen molar-refractivity contribution in [3.63, 3.8) is 0 Å². The third-order valence-corrected chi connectivity index (χ3v) is 7.12. The Morgan fingerprint density at radius 1 is 0.946 bits per heavy atom. The van der Waals surface area contributed by atoms with E-state index < -0.39 is 0 Å². The Balaban J connectivity index is 1.76. The molecule has 0 fully saturated rings. The van der Waals surface area contributed by atoms with E-state index in [0.717, 1.165) is 16.6 Å². The molecule has 2 heterocycles. The Bertz CT molecular complexity index is 1660. The smallest absolute Gasteiger partial charge is 0.194 e. The van der Waals surface area contributed by atoms with Gasteiger partial charge in [0.15, 0.2) is 11.6 Å². The lowest BCUT2D eigenvalue weighted by molar-refractivity contribution is 0.0899. The lowest BCUT2D eigenvalue weighted by Gasteiger charge is -2.35. The van der Waals surface area contributed by atoms with Crippen LogP contribution in [0.3, 0.4) is 0 Å². The van der Waals surface area contributed by atoms with Gasteiger partial charge < -0.3 is 4.74 Å². The zero-order chi connectivity index (χ0) is 25.9. The number of ketones is 2. The molecule has 1 aliphatic carbocycles. The average molecular weight is 493 g/mol. The number of rotatable bonds is 4. The van der Waals surface area contributed by atoms with Crippen LogP contribution in [-0.2, 0) is 6.42 Å². The van der Waals surface area contributed by atoms with E-state index in [2.05, 4.69) is 0 Å². The largest absolute Gasteiger partial charge is 0.497 e. The van der Waals surface area contributed by atoms with Crippen LogP contribution in [-0.4, -0.2) is 28.2 Å². The number of pyridine rings is 1. The summed E-state index contributed by atoms with van der Waals surface area (Å²) in [5, 5.41) is 0.797. The van der Waals surface area contributed by atoms with Crippen LogP contribution >= 0.6 is 0 Å². The molecule has 0 atom stereocenters. The molecule has 0 bridgehead atoms. The lowest BCUT2D eigenvalue weighted by Crippen LogP contribution is -2.33. The SMILES string of the molecule is COc1ccc(C(=O)c2c3c(n(-c4ccc(F)cc4)c4nc5ccccc5c2-4)CC(C)(C)CC3=O)cc1. The van der Waals surface area contributed by atoms with Crippen molar-refractivity contribution < 1.29 is 18.7 Å². The number of carbonyl (C=O) groups is 2. The molecule has 3 aromatic carbocycles. The molecule has 184 valence electrons. The van der Waals surface area contributed by atoms with E-state index >= 15 is 0 Å². The number of aromatic nitrogens is 2. The Hall–Kier alpha value is -4.32. The fourth-order valence-corrected chi connectivity index (χ4v) is 5.48. The molecule has 0 unspecified atom stereocenters. The van der Waals surface area contributed by atoms with Crippen LogP contribution in [0, 0.1) is 11.2 Å². The first kappa shape index (κ1) is 23.1. The molecule has 5 nitrogen and oxygen atoms in total. The molecule has 0 aromatic heterocycles. The monoisotopic (exact) mass is 492 g/mol. The van der Waals surface area contributed by atoms with Crippen LogP contribution < -0.4 is 4.74 Å².